The van der Waals surface area contributed by atoms with Gasteiger partial charge in [0.1, 0.15) is 5.60 Å². The standard InChI is InChI=1S/C10H23NO3/c1-6-9(2,7-11)10(3,12)8(13-4)14-5/h8,12H,6-7,11H2,1-5H3. The van der Waals surface area contributed by atoms with Crippen LogP contribution in [0.2, 0.25) is 0 Å². The topological polar surface area (TPSA) is 64.7 Å². The maximum Gasteiger partial charge on any atom is 0.185 e. The molecule has 0 saturated heterocycles. The monoisotopic (exact) mass is 205 g/mol. The molecule has 3 N–H and O–H groups in total. The molecular formula is C10H23NO3. The number of hydrogen-bond donors (Lipinski definition) is 2. The minimum absolute atomic E-state index is 0.389. The number of ether oxygens (including phenoxy) is 2. The Labute approximate surface area is 86.4 Å². The largest absolute Gasteiger partial charge is 0.384 e. The lowest BCUT2D eigenvalue weighted by Gasteiger charge is -2.44. The zero-order valence-corrected chi connectivity index (χ0v) is 9.83. The third-order valence-corrected chi connectivity index (χ3v) is 3.34. The molecule has 0 aliphatic carbocycles. The van der Waals surface area contributed by atoms with Crippen molar-refractivity contribution >= 4 is 0 Å². The van der Waals surface area contributed by atoms with Gasteiger partial charge in [-0.15, -0.1) is 0 Å². The summed E-state index contributed by atoms with van der Waals surface area (Å²) in [4.78, 5) is 0. The Bertz CT molecular complexity index is 163. The van der Waals surface area contributed by atoms with Crippen molar-refractivity contribution in [3.63, 3.8) is 0 Å². The van der Waals surface area contributed by atoms with E-state index in [2.05, 4.69) is 0 Å². The molecule has 0 rings (SSSR count). The van der Waals surface area contributed by atoms with E-state index in [1.54, 1.807) is 6.92 Å². The first-order valence-corrected chi connectivity index (χ1v) is 4.87. The first-order valence-electron chi connectivity index (χ1n) is 4.87. The molecule has 0 heterocycles. The van der Waals surface area contributed by atoms with E-state index in [0.29, 0.717) is 6.54 Å². The van der Waals surface area contributed by atoms with Gasteiger partial charge in [-0.25, -0.2) is 0 Å². The molecule has 0 saturated carbocycles. The van der Waals surface area contributed by atoms with Crippen LogP contribution in [0.3, 0.4) is 0 Å². The zero-order valence-electron chi connectivity index (χ0n) is 9.83. The number of aliphatic hydroxyl groups is 1. The van der Waals surface area contributed by atoms with Crippen molar-refractivity contribution in [3.05, 3.63) is 0 Å². The van der Waals surface area contributed by atoms with E-state index in [-0.39, 0.29) is 0 Å². The number of nitrogens with two attached hydrogens (primary N) is 1. The molecule has 4 heteroatoms. The van der Waals surface area contributed by atoms with E-state index >= 15 is 0 Å². The van der Waals surface area contributed by atoms with Crippen molar-refractivity contribution in [1.29, 1.82) is 0 Å². The SMILES string of the molecule is CCC(C)(CN)C(C)(O)C(OC)OC. The highest BCUT2D eigenvalue weighted by atomic mass is 16.7. The van der Waals surface area contributed by atoms with E-state index in [9.17, 15) is 5.11 Å². The molecule has 2 atom stereocenters. The lowest BCUT2D eigenvalue weighted by atomic mass is 9.72. The predicted molar refractivity (Wildman–Crippen MR) is 55.9 cm³/mol. The molecule has 0 amide bonds. The van der Waals surface area contributed by atoms with Gasteiger partial charge in [0.05, 0.1) is 0 Å². The van der Waals surface area contributed by atoms with Crippen molar-refractivity contribution in [1.82, 2.24) is 0 Å². The Hall–Kier alpha value is -0.160. The summed E-state index contributed by atoms with van der Waals surface area (Å²) in [5.41, 5.74) is 4.17. The van der Waals surface area contributed by atoms with E-state index in [4.69, 9.17) is 15.2 Å². The smallest absolute Gasteiger partial charge is 0.185 e. The molecule has 0 spiro atoms. The summed E-state index contributed by atoms with van der Waals surface area (Å²) in [5.74, 6) is 0. The van der Waals surface area contributed by atoms with Gasteiger partial charge in [-0.3, -0.25) is 0 Å². The van der Waals surface area contributed by atoms with Gasteiger partial charge in [0.2, 0.25) is 0 Å². The maximum atomic E-state index is 10.4. The minimum Gasteiger partial charge on any atom is -0.384 e. The third kappa shape index (κ3) is 2.25. The van der Waals surface area contributed by atoms with Gasteiger partial charge in [-0.1, -0.05) is 13.8 Å². The second kappa shape index (κ2) is 5.07. The van der Waals surface area contributed by atoms with Crippen LogP contribution >= 0.6 is 0 Å². The van der Waals surface area contributed by atoms with E-state index in [1.165, 1.54) is 14.2 Å². The van der Waals surface area contributed by atoms with Crippen molar-refractivity contribution < 1.29 is 14.6 Å². The Balaban J connectivity index is 4.88. The lowest BCUT2D eigenvalue weighted by Crippen LogP contribution is -2.57. The van der Waals surface area contributed by atoms with Crippen molar-refractivity contribution in [3.8, 4) is 0 Å². The summed E-state index contributed by atoms with van der Waals surface area (Å²) in [6.07, 6.45) is 0.107. The van der Waals surface area contributed by atoms with Gasteiger partial charge in [-0.2, -0.15) is 0 Å². The second-order valence-corrected chi connectivity index (χ2v) is 4.07. The van der Waals surface area contributed by atoms with Crippen LogP contribution in [0, 0.1) is 5.41 Å². The fourth-order valence-corrected chi connectivity index (χ4v) is 1.55. The summed E-state index contributed by atoms with van der Waals surface area (Å²) in [6, 6.07) is 0. The van der Waals surface area contributed by atoms with Crippen LogP contribution in [0.25, 0.3) is 0 Å². The molecule has 0 aromatic rings. The van der Waals surface area contributed by atoms with Gasteiger partial charge >= 0.3 is 0 Å². The zero-order chi connectivity index (χ0) is 11.4. The van der Waals surface area contributed by atoms with Gasteiger partial charge < -0.3 is 20.3 Å². The summed E-state index contributed by atoms with van der Waals surface area (Å²) in [6.45, 7) is 6.00. The normalized spacial score (nSPS) is 20.6. The fourth-order valence-electron chi connectivity index (χ4n) is 1.55. The summed E-state index contributed by atoms with van der Waals surface area (Å²) in [7, 11) is 3.02. The fraction of sp³-hybridized carbons (Fsp3) is 1.00. The highest BCUT2D eigenvalue weighted by Gasteiger charge is 2.47. The Morgan fingerprint density at radius 3 is 1.93 bits per heavy atom. The summed E-state index contributed by atoms with van der Waals surface area (Å²) in [5, 5.41) is 10.4. The minimum atomic E-state index is -1.10. The average Bonchev–Trinajstić information content (AvgIpc) is 2.17. The molecule has 0 aromatic heterocycles. The molecule has 2 unspecified atom stereocenters. The van der Waals surface area contributed by atoms with Crippen LogP contribution in [0.1, 0.15) is 27.2 Å². The quantitative estimate of drug-likeness (QED) is 0.627. The van der Waals surface area contributed by atoms with E-state index in [1.807, 2.05) is 13.8 Å². The van der Waals surface area contributed by atoms with Gasteiger partial charge in [0.15, 0.2) is 6.29 Å². The van der Waals surface area contributed by atoms with Crippen LogP contribution < -0.4 is 5.73 Å². The molecule has 0 aliphatic heterocycles. The van der Waals surface area contributed by atoms with Gasteiger partial charge in [-0.05, 0) is 13.3 Å². The molecule has 0 bridgehead atoms. The Kier molecular flexibility index (Phi) is 5.01. The molecule has 4 nitrogen and oxygen atoms in total. The molecule has 14 heavy (non-hydrogen) atoms. The molecule has 0 radical (unpaired) electrons. The number of hydrogen-bond acceptors (Lipinski definition) is 4. The average molecular weight is 205 g/mol. The van der Waals surface area contributed by atoms with Crippen LogP contribution in [-0.2, 0) is 9.47 Å². The summed E-state index contributed by atoms with van der Waals surface area (Å²) >= 11 is 0. The molecule has 0 fully saturated rings. The molecule has 0 aromatic carbocycles. The van der Waals surface area contributed by atoms with Gasteiger partial charge in [0, 0.05) is 26.2 Å². The first kappa shape index (κ1) is 13.8. The maximum absolute atomic E-state index is 10.4. The highest BCUT2D eigenvalue weighted by molar-refractivity contribution is 4.95. The third-order valence-electron chi connectivity index (χ3n) is 3.34. The Morgan fingerprint density at radius 1 is 1.29 bits per heavy atom. The van der Waals surface area contributed by atoms with E-state index < -0.39 is 17.3 Å². The van der Waals surface area contributed by atoms with Gasteiger partial charge in [0.25, 0.3) is 0 Å². The second-order valence-electron chi connectivity index (χ2n) is 4.07. The van der Waals surface area contributed by atoms with Crippen molar-refractivity contribution in [2.75, 3.05) is 20.8 Å². The summed E-state index contributed by atoms with van der Waals surface area (Å²) < 4.78 is 10.2. The van der Waals surface area contributed by atoms with Crippen LogP contribution in [0.5, 0.6) is 0 Å². The van der Waals surface area contributed by atoms with Crippen LogP contribution in [0.15, 0.2) is 0 Å². The molecule has 0 aliphatic rings. The van der Waals surface area contributed by atoms with Crippen LogP contribution in [0.4, 0.5) is 0 Å². The number of rotatable bonds is 6. The molecular weight excluding hydrogens is 182 g/mol. The predicted octanol–water partition coefficient (Wildman–Crippen LogP) is 0.731. The van der Waals surface area contributed by atoms with Crippen molar-refractivity contribution in [2.45, 2.75) is 39.1 Å². The Morgan fingerprint density at radius 2 is 1.71 bits per heavy atom. The van der Waals surface area contributed by atoms with E-state index in [0.717, 1.165) is 6.42 Å². The highest BCUT2D eigenvalue weighted by Crippen LogP contribution is 2.37. The van der Waals surface area contributed by atoms with Crippen LogP contribution in [-0.4, -0.2) is 37.8 Å². The first-order chi connectivity index (χ1) is 6.39. The van der Waals surface area contributed by atoms with Crippen molar-refractivity contribution in [2.24, 2.45) is 11.1 Å². The molecule has 86 valence electrons. The number of methoxy groups -OCH3 is 2. The lowest BCUT2D eigenvalue weighted by molar-refractivity contribution is -0.247.